The number of nitrogens with zero attached hydrogens (tertiary/aromatic N) is 1. The first-order valence-electron chi connectivity index (χ1n) is 7.26. The number of rotatable bonds is 5. The molecule has 3 aromatic rings. The second kappa shape index (κ2) is 7.15. The molecule has 0 aliphatic rings. The third-order valence-corrected chi connectivity index (χ3v) is 4.28. The fourth-order valence-corrected chi connectivity index (χ4v) is 3.06. The van der Waals surface area contributed by atoms with Crippen LogP contribution in [0.2, 0.25) is 0 Å². The minimum atomic E-state index is -0.272. The maximum Gasteiger partial charge on any atom is 0.251 e. The van der Waals surface area contributed by atoms with Crippen molar-refractivity contribution in [2.45, 2.75) is 6.42 Å². The number of thiazole rings is 1. The molecule has 0 bridgehead atoms. The molecule has 0 aliphatic heterocycles. The first-order chi connectivity index (χ1) is 11.2. The van der Waals surface area contributed by atoms with Crippen LogP contribution in [0, 0.1) is 5.82 Å². The van der Waals surface area contributed by atoms with E-state index >= 15 is 0 Å². The van der Waals surface area contributed by atoms with E-state index < -0.39 is 0 Å². The minimum absolute atomic E-state index is 0.102. The van der Waals surface area contributed by atoms with Gasteiger partial charge in [-0.2, -0.15) is 0 Å². The van der Waals surface area contributed by atoms with Crippen molar-refractivity contribution in [3.63, 3.8) is 0 Å². The highest BCUT2D eigenvalue weighted by Gasteiger charge is 2.09. The van der Waals surface area contributed by atoms with Gasteiger partial charge in [0.15, 0.2) is 0 Å². The molecule has 3 nitrogen and oxygen atoms in total. The lowest BCUT2D eigenvalue weighted by Crippen LogP contribution is -2.25. The highest BCUT2D eigenvalue weighted by atomic mass is 32.1. The van der Waals surface area contributed by atoms with Gasteiger partial charge in [-0.05, 0) is 24.3 Å². The standard InChI is InChI=1S/C18H15FN2OS/c19-16-9-5-4-8-15(16)18-21-14(12-23-18)10-11-20-17(22)13-6-2-1-3-7-13/h1-9,12H,10-11H2,(H,20,22). The SMILES string of the molecule is O=C(NCCc1csc(-c2ccccc2F)n1)c1ccccc1. The average Bonchev–Trinajstić information content (AvgIpc) is 3.04. The van der Waals surface area contributed by atoms with Gasteiger partial charge in [0.05, 0.1) is 5.69 Å². The predicted molar refractivity (Wildman–Crippen MR) is 90.0 cm³/mol. The Morgan fingerprint density at radius 2 is 1.83 bits per heavy atom. The Bertz CT molecular complexity index is 802. The summed E-state index contributed by atoms with van der Waals surface area (Å²) < 4.78 is 13.7. The van der Waals surface area contributed by atoms with E-state index in [9.17, 15) is 9.18 Å². The van der Waals surface area contributed by atoms with Crippen molar-refractivity contribution >= 4 is 17.2 Å². The quantitative estimate of drug-likeness (QED) is 0.772. The van der Waals surface area contributed by atoms with Gasteiger partial charge in [0.2, 0.25) is 0 Å². The molecular formula is C18H15FN2OS. The average molecular weight is 326 g/mol. The fraction of sp³-hybridized carbons (Fsp3) is 0.111. The molecule has 3 rings (SSSR count). The number of benzene rings is 2. The van der Waals surface area contributed by atoms with Crippen molar-refractivity contribution in [2.24, 2.45) is 0 Å². The maximum absolute atomic E-state index is 13.7. The van der Waals surface area contributed by atoms with Crippen molar-refractivity contribution in [2.75, 3.05) is 6.54 Å². The number of nitrogens with one attached hydrogen (secondary N) is 1. The summed E-state index contributed by atoms with van der Waals surface area (Å²) in [6, 6.07) is 15.7. The van der Waals surface area contributed by atoms with Crippen molar-refractivity contribution < 1.29 is 9.18 Å². The summed E-state index contributed by atoms with van der Waals surface area (Å²) in [5.41, 5.74) is 2.00. The molecular weight excluding hydrogens is 311 g/mol. The Labute approximate surface area is 137 Å². The second-order valence-electron chi connectivity index (χ2n) is 5.00. The molecule has 0 unspecified atom stereocenters. The van der Waals surface area contributed by atoms with Crippen molar-refractivity contribution in [3.8, 4) is 10.6 Å². The minimum Gasteiger partial charge on any atom is -0.352 e. The molecule has 0 fully saturated rings. The number of amides is 1. The number of halogens is 1. The molecule has 2 aromatic carbocycles. The van der Waals surface area contributed by atoms with Gasteiger partial charge in [-0.25, -0.2) is 9.37 Å². The van der Waals surface area contributed by atoms with Crippen molar-refractivity contribution in [3.05, 3.63) is 77.1 Å². The van der Waals surface area contributed by atoms with Crippen LogP contribution in [0.4, 0.5) is 4.39 Å². The summed E-state index contributed by atoms with van der Waals surface area (Å²) in [4.78, 5) is 16.4. The molecule has 5 heteroatoms. The summed E-state index contributed by atoms with van der Waals surface area (Å²) in [5.74, 6) is -0.374. The summed E-state index contributed by atoms with van der Waals surface area (Å²) in [6.45, 7) is 0.494. The third kappa shape index (κ3) is 3.81. The summed E-state index contributed by atoms with van der Waals surface area (Å²) in [5, 5.41) is 5.42. The molecule has 1 aromatic heterocycles. The molecule has 1 N–H and O–H groups in total. The monoisotopic (exact) mass is 326 g/mol. The lowest BCUT2D eigenvalue weighted by Gasteiger charge is -2.03. The van der Waals surface area contributed by atoms with Gasteiger partial charge in [0.25, 0.3) is 5.91 Å². The molecule has 1 amide bonds. The fourth-order valence-electron chi connectivity index (χ4n) is 2.18. The normalized spacial score (nSPS) is 10.5. The van der Waals surface area contributed by atoms with Crippen LogP contribution in [0.3, 0.4) is 0 Å². The van der Waals surface area contributed by atoms with Gasteiger partial charge < -0.3 is 5.32 Å². The predicted octanol–water partition coefficient (Wildman–Crippen LogP) is 3.92. The van der Waals surface area contributed by atoms with E-state index in [1.807, 2.05) is 23.6 Å². The Kier molecular flexibility index (Phi) is 4.78. The van der Waals surface area contributed by atoms with Gasteiger partial charge in [-0.15, -0.1) is 11.3 Å². The van der Waals surface area contributed by atoms with Gasteiger partial charge in [-0.3, -0.25) is 4.79 Å². The van der Waals surface area contributed by atoms with Crippen LogP contribution in [-0.4, -0.2) is 17.4 Å². The third-order valence-electron chi connectivity index (χ3n) is 3.36. The maximum atomic E-state index is 13.7. The molecule has 0 radical (unpaired) electrons. The molecule has 0 saturated heterocycles. The van der Waals surface area contributed by atoms with Gasteiger partial charge >= 0.3 is 0 Å². The Morgan fingerprint density at radius 1 is 1.09 bits per heavy atom. The van der Waals surface area contributed by atoms with E-state index in [0.717, 1.165) is 5.69 Å². The van der Waals surface area contributed by atoms with Gasteiger partial charge in [-0.1, -0.05) is 30.3 Å². The van der Waals surface area contributed by atoms with E-state index in [2.05, 4.69) is 10.3 Å². The van der Waals surface area contributed by atoms with Crippen molar-refractivity contribution in [1.82, 2.24) is 10.3 Å². The van der Waals surface area contributed by atoms with Crippen LogP contribution >= 0.6 is 11.3 Å². The zero-order valence-corrected chi connectivity index (χ0v) is 13.1. The van der Waals surface area contributed by atoms with Gasteiger partial charge in [0.1, 0.15) is 10.8 Å². The lowest BCUT2D eigenvalue weighted by atomic mass is 10.2. The highest BCUT2D eigenvalue weighted by molar-refractivity contribution is 7.13. The zero-order valence-electron chi connectivity index (χ0n) is 12.3. The van der Waals surface area contributed by atoms with E-state index in [0.29, 0.717) is 29.1 Å². The van der Waals surface area contributed by atoms with Crippen LogP contribution in [0.15, 0.2) is 60.0 Å². The van der Waals surface area contributed by atoms with Crippen LogP contribution in [0.5, 0.6) is 0 Å². The van der Waals surface area contributed by atoms with Crippen molar-refractivity contribution in [1.29, 1.82) is 0 Å². The van der Waals surface area contributed by atoms with Crippen LogP contribution in [0.1, 0.15) is 16.1 Å². The van der Waals surface area contributed by atoms with E-state index in [-0.39, 0.29) is 11.7 Å². The van der Waals surface area contributed by atoms with Crippen LogP contribution in [-0.2, 0) is 6.42 Å². The molecule has 0 atom stereocenters. The van der Waals surface area contributed by atoms with E-state index in [4.69, 9.17) is 0 Å². The summed E-state index contributed by atoms with van der Waals surface area (Å²) >= 11 is 1.41. The Morgan fingerprint density at radius 3 is 2.61 bits per heavy atom. The highest BCUT2D eigenvalue weighted by Crippen LogP contribution is 2.26. The number of hydrogen-bond acceptors (Lipinski definition) is 3. The largest absolute Gasteiger partial charge is 0.352 e. The number of carbonyl (C=O) groups is 1. The zero-order chi connectivity index (χ0) is 16.1. The van der Waals surface area contributed by atoms with Crippen LogP contribution in [0.25, 0.3) is 10.6 Å². The number of carbonyl (C=O) groups excluding carboxylic acids is 1. The first-order valence-corrected chi connectivity index (χ1v) is 8.14. The molecule has 1 heterocycles. The summed E-state index contributed by atoms with van der Waals surface area (Å²) in [6.07, 6.45) is 0.615. The number of aromatic nitrogens is 1. The molecule has 0 spiro atoms. The topological polar surface area (TPSA) is 42.0 Å². The second-order valence-corrected chi connectivity index (χ2v) is 5.85. The number of hydrogen-bond donors (Lipinski definition) is 1. The smallest absolute Gasteiger partial charge is 0.251 e. The Balaban J connectivity index is 1.58. The molecule has 23 heavy (non-hydrogen) atoms. The van der Waals surface area contributed by atoms with Crippen LogP contribution < -0.4 is 5.32 Å². The van der Waals surface area contributed by atoms with E-state index in [1.54, 1.807) is 30.3 Å². The molecule has 0 aliphatic carbocycles. The first kappa shape index (κ1) is 15.4. The Hall–Kier alpha value is -2.53. The van der Waals surface area contributed by atoms with Gasteiger partial charge in [0, 0.05) is 29.5 Å². The molecule has 116 valence electrons. The lowest BCUT2D eigenvalue weighted by molar-refractivity contribution is 0.0954. The molecule has 0 saturated carbocycles. The van der Waals surface area contributed by atoms with E-state index in [1.165, 1.54) is 17.4 Å². The summed E-state index contributed by atoms with van der Waals surface area (Å²) in [7, 11) is 0.